The minimum absolute atomic E-state index is 0.330. The van der Waals surface area contributed by atoms with Gasteiger partial charge < -0.3 is 77.3 Å². The fraction of sp³-hybridized carbons (Fsp3) is 0.538. The van der Waals surface area contributed by atoms with Gasteiger partial charge in [0.1, 0.15) is 72.5 Å². The monoisotopic (exact) mass is 1020 g/mol. The number of methoxy groups -OCH3 is 6. The van der Waals surface area contributed by atoms with Gasteiger partial charge in [-0.05, 0) is 110 Å². The molecule has 16 nitrogen and oxygen atoms in total. The molecule has 4 heterocycles. The summed E-state index contributed by atoms with van der Waals surface area (Å²) in [4.78, 5) is 0. The smallest absolute Gasteiger partial charge is 0.220 e. The molecule has 0 amide bonds. The first-order valence-corrected chi connectivity index (χ1v) is 23.8. The first kappa shape index (κ1) is 54.3. The highest BCUT2D eigenvalue weighted by molar-refractivity contribution is 6.31. The van der Waals surface area contributed by atoms with Crippen LogP contribution in [0.2, 0.25) is 10.0 Å². The van der Waals surface area contributed by atoms with E-state index in [0.29, 0.717) is 28.5 Å². The van der Waals surface area contributed by atoms with E-state index in [1.54, 1.807) is 54.0 Å². The zero-order valence-corrected chi connectivity index (χ0v) is 42.6. The Morgan fingerprint density at radius 3 is 1.24 bits per heavy atom. The SMILES string of the molecule is COc1ccc(Cc2cc([C@@H]3O[C@H](CO)[C@@H](O)[C@@H]4O[C@@](C)(OC)[C@](C)(OC)O[C@H]43)ccc2Cl)cc1.COc1ccc(Cc2cc([C@@H]3O[C@H](CO)[C@H]4O[C@](C)(OC)[C@@](C)(OC)O[C@@H]4[C@H]3O)ccc2Cl)cc1. The molecule has 0 spiro atoms. The third kappa shape index (κ3) is 10.6. The van der Waals surface area contributed by atoms with Crippen molar-refractivity contribution in [2.75, 3.05) is 55.9 Å². The maximum atomic E-state index is 11.4. The van der Waals surface area contributed by atoms with Gasteiger partial charge in [-0.25, -0.2) is 0 Å². The molecule has 4 aromatic rings. The second kappa shape index (κ2) is 22.3. The van der Waals surface area contributed by atoms with E-state index >= 15 is 0 Å². The van der Waals surface area contributed by atoms with E-state index in [0.717, 1.165) is 39.3 Å². The quantitative estimate of drug-likeness (QED) is 0.107. The van der Waals surface area contributed by atoms with Gasteiger partial charge in [-0.1, -0.05) is 71.7 Å². The summed E-state index contributed by atoms with van der Waals surface area (Å²) in [6.45, 7) is 6.06. The van der Waals surface area contributed by atoms with Crippen LogP contribution in [-0.2, 0) is 60.2 Å². The van der Waals surface area contributed by atoms with Crippen molar-refractivity contribution in [1.82, 2.24) is 0 Å². The van der Waals surface area contributed by atoms with E-state index in [4.69, 9.17) is 80.0 Å². The number of fused-ring (bicyclic) bond motifs is 2. The maximum Gasteiger partial charge on any atom is 0.220 e. The standard InChI is InChI=1S/2C26H33ClO8/c1-25(31-4)26(2,32-5)35-24-21(29)22(33-20(14-28)23(24)34-25)16-8-11-19(27)17(13-16)12-15-6-9-18(30-3)10-7-15;1-25(31-4)26(2,32-5)35-24-22(33-20(14-28)21(29)23(24)34-25)16-8-11-19(27)17(13-16)12-15-6-9-18(30-3)10-7-15/h2*6-11,13,20-24,28-29H,12,14H2,1-5H3/t20-,21+,22+,23-,24-,25+,26+;20-,21-,22+,23+,24+,25-,26-/m11/s1. The highest BCUT2D eigenvalue weighted by Crippen LogP contribution is 2.49. The van der Waals surface area contributed by atoms with E-state index in [1.165, 1.54) is 28.4 Å². The van der Waals surface area contributed by atoms with Gasteiger partial charge in [-0.2, -0.15) is 0 Å². The van der Waals surface area contributed by atoms with Crippen molar-refractivity contribution in [2.45, 2.75) is 125 Å². The van der Waals surface area contributed by atoms with Crippen molar-refractivity contribution in [3.63, 3.8) is 0 Å². The molecule has 14 atom stereocenters. The van der Waals surface area contributed by atoms with Gasteiger partial charge in [0.25, 0.3) is 0 Å². The Kier molecular flexibility index (Phi) is 17.3. The van der Waals surface area contributed by atoms with Gasteiger partial charge in [-0.15, -0.1) is 0 Å². The molecule has 4 aliphatic rings. The number of rotatable bonds is 14. The molecule has 4 fully saturated rings. The van der Waals surface area contributed by atoms with Crippen LogP contribution < -0.4 is 9.47 Å². The Bertz CT molecular complexity index is 2350. The summed E-state index contributed by atoms with van der Waals surface area (Å²) in [5, 5.41) is 43.5. The minimum Gasteiger partial charge on any atom is -0.497 e. The lowest BCUT2D eigenvalue weighted by Gasteiger charge is -2.56. The molecular weight excluding hydrogens is 951 g/mol. The molecule has 4 N–H and O–H groups in total. The number of ether oxygens (including phenoxy) is 12. The lowest BCUT2D eigenvalue weighted by Crippen LogP contribution is -2.71. The van der Waals surface area contributed by atoms with Crippen LogP contribution >= 0.6 is 23.2 Å². The van der Waals surface area contributed by atoms with E-state index in [9.17, 15) is 20.4 Å². The van der Waals surface area contributed by atoms with Crippen LogP contribution in [0.4, 0.5) is 0 Å². The Morgan fingerprint density at radius 1 is 0.471 bits per heavy atom. The van der Waals surface area contributed by atoms with Crippen LogP contribution in [0.1, 0.15) is 73.3 Å². The minimum atomic E-state index is -1.30. The molecule has 0 aliphatic carbocycles. The predicted molar refractivity (Wildman–Crippen MR) is 257 cm³/mol. The van der Waals surface area contributed by atoms with Crippen molar-refractivity contribution < 1.29 is 77.3 Å². The first-order chi connectivity index (χ1) is 33.4. The predicted octanol–water partition coefficient (Wildman–Crippen LogP) is 6.48. The highest BCUT2D eigenvalue weighted by Gasteiger charge is 2.64. The van der Waals surface area contributed by atoms with Crippen LogP contribution in [0.15, 0.2) is 84.9 Å². The molecule has 4 aromatic carbocycles. The second-order valence-corrected chi connectivity index (χ2v) is 19.0. The van der Waals surface area contributed by atoms with Crippen LogP contribution in [0.5, 0.6) is 11.5 Å². The zero-order valence-electron chi connectivity index (χ0n) is 41.1. The van der Waals surface area contributed by atoms with Crippen LogP contribution in [0.25, 0.3) is 0 Å². The van der Waals surface area contributed by atoms with Gasteiger partial charge in [0.15, 0.2) is 0 Å². The Hall–Kier alpha value is -3.50. The highest BCUT2D eigenvalue weighted by atomic mass is 35.5. The van der Waals surface area contributed by atoms with Gasteiger partial charge in [0, 0.05) is 38.5 Å². The average Bonchev–Trinajstić information content (AvgIpc) is 3.37. The van der Waals surface area contributed by atoms with E-state index < -0.39 is 84.2 Å². The topological polar surface area (TPSA) is 192 Å². The van der Waals surface area contributed by atoms with Crippen molar-refractivity contribution in [3.8, 4) is 11.5 Å². The molecule has 4 aliphatic heterocycles. The van der Waals surface area contributed by atoms with Gasteiger partial charge in [0.2, 0.25) is 23.1 Å². The van der Waals surface area contributed by atoms with Crippen LogP contribution in [-0.4, -0.2) is 148 Å². The largest absolute Gasteiger partial charge is 0.497 e. The summed E-state index contributed by atoms with van der Waals surface area (Å²) in [6, 6.07) is 26.7. The molecule has 18 heteroatoms. The molecule has 8 rings (SSSR count). The fourth-order valence-electron chi connectivity index (χ4n) is 9.38. The maximum absolute atomic E-state index is 11.4. The first-order valence-electron chi connectivity index (χ1n) is 23.0. The number of halogens is 2. The Balaban J connectivity index is 0.000000206. The molecular formula is C52H66Cl2O16. The van der Waals surface area contributed by atoms with Gasteiger partial charge in [0.05, 0.1) is 27.4 Å². The third-order valence-corrected chi connectivity index (χ3v) is 15.0. The summed E-state index contributed by atoms with van der Waals surface area (Å²) >= 11 is 13.1. The summed E-state index contributed by atoms with van der Waals surface area (Å²) in [7, 11) is 9.21. The Morgan fingerprint density at radius 2 is 0.843 bits per heavy atom. The molecule has 0 aromatic heterocycles. The molecule has 0 unspecified atom stereocenters. The summed E-state index contributed by atoms with van der Waals surface area (Å²) in [5.41, 5.74) is 5.39. The van der Waals surface area contributed by atoms with Crippen LogP contribution in [0, 0.1) is 0 Å². The average molecular weight is 1020 g/mol. The normalized spacial score (nSPS) is 34.9. The number of aliphatic hydroxyl groups is 4. The summed E-state index contributed by atoms with van der Waals surface area (Å²) < 4.78 is 70.3. The number of aliphatic hydroxyl groups excluding tert-OH is 4. The lowest BCUT2D eigenvalue weighted by atomic mass is 9.87. The van der Waals surface area contributed by atoms with Crippen molar-refractivity contribution in [1.29, 1.82) is 0 Å². The van der Waals surface area contributed by atoms with E-state index in [2.05, 4.69) is 0 Å². The molecule has 0 bridgehead atoms. The molecule has 0 radical (unpaired) electrons. The lowest BCUT2D eigenvalue weighted by molar-refractivity contribution is -0.473. The van der Waals surface area contributed by atoms with Crippen molar-refractivity contribution in [2.24, 2.45) is 0 Å². The fourth-order valence-corrected chi connectivity index (χ4v) is 9.75. The van der Waals surface area contributed by atoms with Gasteiger partial charge in [-0.3, -0.25) is 0 Å². The van der Waals surface area contributed by atoms with Crippen molar-refractivity contribution in [3.05, 3.63) is 128 Å². The molecule has 384 valence electrons. The third-order valence-electron chi connectivity index (χ3n) is 14.2. The van der Waals surface area contributed by atoms with Crippen molar-refractivity contribution >= 4 is 23.2 Å². The summed E-state index contributed by atoms with van der Waals surface area (Å²) in [5.74, 6) is -3.61. The van der Waals surface area contributed by atoms with E-state index in [-0.39, 0.29) is 13.2 Å². The Labute approximate surface area is 419 Å². The molecule has 70 heavy (non-hydrogen) atoms. The number of hydrogen-bond donors (Lipinski definition) is 4. The van der Waals surface area contributed by atoms with E-state index in [1.807, 2.05) is 72.8 Å². The molecule has 0 saturated carbocycles. The number of benzene rings is 4. The van der Waals surface area contributed by atoms with Gasteiger partial charge >= 0.3 is 0 Å². The number of hydrogen-bond acceptors (Lipinski definition) is 16. The molecule has 4 saturated heterocycles. The summed E-state index contributed by atoms with van der Waals surface area (Å²) in [6.07, 6.45) is -7.32. The second-order valence-electron chi connectivity index (χ2n) is 18.2. The van der Waals surface area contributed by atoms with Crippen LogP contribution in [0.3, 0.4) is 0 Å². The zero-order chi connectivity index (χ0) is 50.8.